The molecule has 3 aromatic carbocycles. The summed E-state index contributed by atoms with van der Waals surface area (Å²) in [4.78, 5) is 13.8. The number of hydrogen-bond donors (Lipinski definition) is 1. The molecule has 0 aliphatic carbocycles. The van der Waals surface area contributed by atoms with Gasteiger partial charge < -0.3 is 20.3 Å². The summed E-state index contributed by atoms with van der Waals surface area (Å²) in [6, 6.07) is 21.4. The van der Waals surface area contributed by atoms with Crippen LogP contribution in [0.3, 0.4) is 0 Å². The lowest BCUT2D eigenvalue weighted by Crippen LogP contribution is -2.47. The number of para-hydroxylation sites is 1. The van der Waals surface area contributed by atoms with Crippen molar-refractivity contribution >= 4 is 28.5 Å². The van der Waals surface area contributed by atoms with E-state index in [9.17, 15) is 4.39 Å². The van der Waals surface area contributed by atoms with E-state index >= 15 is 4.39 Å². The van der Waals surface area contributed by atoms with Crippen molar-refractivity contribution in [2.45, 2.75) is 0 Å². The van der Waals surface area contributed by atoms with Crippen molar-refractivity contribution < 1.29 is 13.5 Å². The van der Waals surface area contributed by atoms with Gasteiger partial charge in [0.1, 0.15) is 11.6 Å². The molecule has 0 amide bonds. The Morgan fingerprint density at radius 2 is 1.50 bits per heavy atom. The van der Waals surface area contributed by atoms with Gasteiger partial charge in [0, 0.05) is 37.4 Å². The molecule has 1 aliphatic rings. The Bertz CT molecular complexity index is 1600. The summed E-state index contributed by atoms with van der Waals surface area (Å²) in [5.74, 6) is -0.659. The van der Waals surface area contributed by atoms with Crippen LogP contribution in [-0.2, 0) is 0 Å². The first-order valence-electron chi connectivity index (χ1n) is 12.2. The molecule has 2 aromatic heterocycles. The maximum atomic E-state index is 15.0. The van der Waals surface area contributed by atoms with Gasteiger partial charge >= 0.3 is 0 Å². The van der Waals surface area contributed by atoms with Crippen LogP contribution in [-0.4, -0.2) is 53.0 Å². The van der Waals surface area contributed by atoms with E-state index in [1.165, 1.54) is 16.8 Å². The van der Waals surface area contributed by atoms with E-state index in [0.29, 0.717) is 41.5 Å². The number of halogens is 2. The van der Waals surface area contributed by atoms with E-state index in [4.69, 9.17) is 20.4 Å². The van der Waals surface area contributed by atoms with Crippen LogP contribution in [0.4, 0.5) is 26.2 Å². The lowest BCUT2D eigenvalue weighted by Gasteiger charge is -2.36. The first-order chi connectivity index (χ1) is 18.5. The maximum absolute atomic E-state index is 15.0. The van der Waals surface area contributed by atoms with Crippen LogP contribution in [0.25, 0.3) is 28.0 Å². The van der Waals surface area contributed by atoms with Crippen molar-refractivity contribution in [1.82, 2.24) is 19.7 Å². The number of fused-ring (bicyclic) bond motifs is 1. The van der Waals surface area contributed by atoms with Crippen LogP contribution in [0, 0.1) is 11.6 Å². The summed E-state index contributed by atoms with van der Waals surface area (Å²) in [6.07, 6.45) is 0. The number of benzene rings is 3. The van der Waals surface area contributed by atoms with Crippen LogP contribution in [0.15, 0.2) is 72.8 Å². The first kappa shape index (κ1) is 23.7. The van der Waals surface area contributed by atoms with Crippen molar-refractivity contribution in [3.8, 4) is 22.7 Å². The molecule has 192 valence electrons. The van der Waals surface area contributed by atoms with Crippen LogP contribution >= 0.6 is 0 Å². The minimum absolute atomic E-state index is 0.00236. The van der Waals surface area contributed by atoms with Gasteiger partial charge in [0.25, 0.3) is 0 Å². The predicted molar refractivity (Wildman–Crippen MR) is 144 cm³/mol. The zero-order valence-corrected chi connectivity index (χ0v) is 20.7. The molecule has 1 aliphatic heterocycles. The van der Waals surface area contributed by atoms with Crippen molar-refractivity contribution in [3.05, 3.63) is 84.4 Å². The maximum Gasteiger partial charge on any atom is 0.228 e. The highest BCUT2D eigenvalue weighted by molar-refractivity contribution is 5.99. The molecular weight excluding hydrogens is 488 g/mol. The zero-order chi connectivity index (χ0) is 26.2. The summed E-state index contributed by atoms with van der Waals surface area (Å²) in [6.45, 7) is 2.83. The fraction of sp³-hybridized carbons (Fsp3) is 0.179. The Morgan fingerprint density at radius 1 is 0.789 bits per heavy atom. The molecule has 0 saturated carbocycles. The summed E-state index contributed by atoms with van der Waals surface area (Å²) in [5, 5.41) is 5.00. The fourth-order valence-corrected chi connectivity index (χ4v) is 4.75. The van der Waals surface area contributed by atoms with Gasteiger partial charge in [-0.15, -0.1) is 5.10 Å². The zero-order valence-electron chi connectivity index (χ0n) is 20.7. The van der Waals surface area contributed by atoms with Crippen LogP contribution in [0.1, 0.15) is 0 Å². The molecule has 3 heterocycles. The van der Waals surface area contributed by atoms with Crippen LogP contribution < -0.4 is 20.3 Å². The number of methoxy groups -OCH3 is 1. The molecule has 6 rings (SSSR count). The fourth-order valence-electron chi connectivity index (χ4n) is 4.75. The Morgan fingerprint density at radius 3 is 2.21 bits per heavy atom. The number of nitrogens with two attached hydrogens (primary N) is 1. The van der Waals surface area contributed by atoms with E-state index in [1.54, 1.807) is 31.4 Å². The monoisotopic (exact) mass is 513 g/mol. The highest BCUT2D eigenvalue weighted by atomic mass is 19.2. The number of nitrogen functional groups attached to an aromatic ring is 1. The Labute approximate surface area is 217 Å². The number of hydrogen-bond acceptors (Lipinski definition) is 7. The van der Waals surface area contributed by atoms with Crippen LogP contribution in [0.2, 0.25) is 0 Å². The van der Waals surface area contributed by atoms with Crippen molar-refractivity contribution in [2.24, 2.45) is 0 Å². The molecule has 5 aromatic rings. The van der Waals surface area contributed by atoms with Gasteiger partial charge in [0.15, 0.2) is 17.3 Å². The average molecular weight is 514 g/mol. The molecule has 0 atom stereocenters. The van der Waals surface area contributed by atoms with E-state index in [-0.39, 0.29) is 17.1 Å². The number of anilines is 3. The number of ether oxygens (including phenoxy) is 1. The number of nitrogens with zero attached hydrogens (tertiary/aromatic N) is 6. The summed E-state index contributed by atoms with van der Waals surface area (Å²) in [7, 11) is 1.59. The standard InChI is InChI=1S/C28H25F2N7O/c1-38-20-12-10-19(11-13-20)37-26(31)23-25(21-8-5-9-22(29)24(21)30)32-28(33-27(23)34-37)36-16-14-35(15-17-36)18-6-3-2-4-7-18/h2-13H,14-17,31H2,1H3. The van der Waals surface area contributed by atoms with E-state index in [2.05, 4.69) is 22.1 Å². The third-order valence-electron chi connectivity index (χ3n) is 6.76. The van der Waals surface area contributed by atoms with E-state index in [0.717, 1.165) is 24.8 Å². The summed E-state index contributed by atoms with van der Waals surface area (Å²) in [5.41, 5.74) is 8.85. The van der Waals surface area contributed by atoms with E-state index < -0.39 is 11.6 Å². The number of piperazine rings is 1. The van der Waals surface area contributed by atoms with Gasteiger partial charge in [-0.1, -0.05) is 24.3 Å². The number of aromatic nitrogens is 4. The first-order valence-corrected chi connectivity index (χ1v) is 12.2. The highest BCUT2D eigenvalue weighted by Crippen LogP contribution is 2.35. The Balaban J connectivity index is 1.44. The Hall–Kier alpha value is -4.73. The third kappa shape index (κ3) is 4.13. The lowest BCUT2D eigenvalue weighted by atomic mass is 10.1. The van der Waals surface area contributed by atoms with Gasteiger partial charge in [-0.05, 0) is 48.5 Å². The van der Waals surface area contributed by atoms with Gasteiger partial charge in [-0.3, -0.25) is 0 Å². The Kier molecular flexibility index (Phi) is 5.99. The molecule has 2 N–H and O–H groups in total. The average Bonchev–Trinajstić information content (AvgIpc) is 3.31. The predicted octanol–water partition coefficient (Wildman–Crippen LogP) is 4.68. The molecule has 8 nitrogen and oxygen atoms in total. The quantitative estimate of drug-likeness (QED) is 0.365. The van der Waals surface area contributed by atoms with E-state index in [1.807, 2.05) is 23.1 Å². The van der Waals surface area contributed by atoms with Gasteiger partial charge in [-0.2, -0.15) is 4.98 Å². The molecule has 1 fully saturated rings. The van der Waals surface area contributed by atoms with Crippen LogP contribution in [0.5, 0.6) is 5.75 Å². The molecule has 1 saturated heterocycles. The number of rotatable bonds is 5. The normalized spacial score (nSPS) is 13.8. The second-order valence-electron chi connectivity index (χ2n) is 8.98. The van der Waals surface area contributed by atoms with Crippen molar-refractivity contribution in [3.63, 3.8) is 0 Å². The molecule has 0 spiro atoms. The molecule has 0 unspecified atom stereocenters. The largest absolute Gasteiger partial charge is 0.497 e. The van der Waals surface area contributed by atoms with Gasteiger partial charge in [0.05, 0.1) is 23.9 Å². The molecular formula is C28H25F2N7O. The highest BCUT2D eigenvalue weighted by Gasteiger charge is 2.26. The third-order valence-corrected chi connectivity index (χ3v) is 6.76. The smallest absolute Gasteiger partial charge is 0.228 e. The van der Waals surface area contributed by atoms with Crippen molar-refractivity contribution in [1.29, 1.82) is 0 Å². The molecule has 0 radical (unpaired) electrons. The second-order valence-corrected chi connectivity index (χ2v) is 8.98. The van der Waals surface area contributed by atoms with Crippen molar-refractivity contribution in [2.75, 3.05) is 48.8 Å². The second kappa shape index (κ2) is 9.62. The summed E-state index contributed by atoms with van der Waals surface area (Å²) >= 11 is 0. The molecule has 0 bridgehead atoms. The topological polar surface area (TPSA) is 85.3 Å². The molecule has 10 heteroatoms. The minimum Gasteiger partial charge on any atom is -0.497 e. The SMILES string of the molecule is COc1ccc(-n2nc3nc(N4CCN(c5ccccc5)CC4)nc(-c4cccc(F)c4F)c3c2N)cc1. The summed E-state index contributed by atoms with van der Waals surface area (Å²) < 4.78 is 36.1. The van der Waals surface area contributed by atoms with Gasteiger partial charge in [0.2, 0.25) is 5.95 Å². The van der Waals surface area contributed by atoms with Gasteiger partial charge in [-0.25, -0.2) is 18.4 Å². The lowest BCUT2D eigenvalue weighted by molar-refractivity contribution is 0.414. The minimum atomic E-state index is -0.996. The molecule has 38 heavy (non-hydrogen) atoms.